The molecule has 3 aromatic rings. The predicted octanol–water partition coefficient (Wildman–Crippen LogP) is 3.55. The lowest BCUT2D eigenvalue weighted by atomic mass is 9.90. The summed E-state index contributed by atoms with van der Waals surface area (Å²) in [6.07, 6.45) is 5.59. The second kappa shape index (κ2) is 9.02. The van der Waals surface area contributed by atoms with Crippen molar-refractivity contribution in [1.82, 2.24) is 20.1 Å². The van der Waals surface area contributed by atoms with Crippen molar-refractivity contribution < 1.29 is 9.53 Å². The first kappa shape index (κ1) is 20.5. The van der Waals surface area contributed by atoms with E-state index in [1.54, 1.807) is 0 Å². The first-order valence-electron chi connectivity index (χ1n) is 11.3. The molecule has 1 atom stereocenters. The summed E-state index contributed by atoms with van der Waals surface area (Å²) in [5.74, 6) is 2.20. The van der Waals surface area contributed by atoms with Gasteiger partial charge in [0.2, 0.25) is 5.91 Å². The molecule has 2 aliphatic rings. The number of rotatable bonds is 9. The SMILES string of the molecule is C[C@H](NC(=O)Cn1cncn1)c1ccc(C2CN(c3ccc(OCC4CC4)cc3)C2)cc1. The molecule has 7 nitrogen and oxygen atoms in total. The van der Waals surface area contributed by atoms with E-state index in [9.17, 15) is 4.79 Å². The average Bonchev–Trinajstić information content (AvgIpc) is 3.47. The van der Waals surface area contributed by atoms with Crippen LogP contribution in [0.5, 0.6) is 5.75 Å². The van der Waals surface area contributed by atoms with Crippen LogP contribution in [0.4, 0.5) is 5.69 Å². The first-order valence-corrected chi connectivity index (χ1v) is 11.3. The molecule has 0 radical (unpaired) electrons. The molecule has 1 aromatic heterocycles. The van der Waals surface area contributed by atoms with Crippen molar-refractivity contribution in [3.63, 3.8) is 0 Å². The van der Waals surface area contributed by atoms with Crippen molar-refractivity contribution in [1.29, 1.82) is 0 Å². The number of amides is 1. The van der Waals surface area contributed by atoms with Gasteiger partial charge < -0.3 is 15.0 Å². The Hall–Kier alpha value is -3.35. The number of hydrogen-bond acceptors (Lipinski definition) is 5. The van der Waals surface area contributed by atoms with Crippen molar-refractivity contribution >= 4 is 11.6 Å². The number of aromatic nitrogens is 3. The van der Waals surface area contributed by atoms with E-state index in [2.05, 4.69) is 68.8 Å². The van der Waals surface area contributed by atoms with E-state index < -0.39 is 0 Å². The quantitative estimate of drug-likeness (QED) is 0.561. The predicted molar refractivity (Wildman–Crippen MR) is 123 cm³/mol. The van der Waals surface area contributed by atoms with Gasteiger partial charge >= 0.3 is 0 Å². The largest absolute Gasteiger partial charge is 0.493 e. The topological polar surface area (TPSA) is 72.3 Å². The van der Waals surface area contributed by atoms with Crippen molar-refractivity contribution in [2.24, 2.45) is 5.92 Å². The normalized spacial score (nSPS) is 17.0. The van der Waals surface area contributed by atoms with E-state index in [-0.39, 0.29) is 18.5 Å². The molecule has 7 heteroatoms. The third-order valence-corrected chi connectivity index (χ3v) is 6.32. The zero-order valence-corrected chi connectivity index (χ0v) is 18.4. The lowest BCUT2D eigenvalue weighted by Gasteiger charge is -2.41. The molecule has 1 aliphatic heterocycles. The van der Waals surface area contributed by atoms with Crippen LogP contribution in [-0.4, -0.2) is 40.4 Å². The van der Waals surface area contributed by atoms with Crippen molar-refractivity contribution in [2.45, 2.75) is 38.3 Å². The van der Waals surface area contributed by atoms with Crippen LogP contribution in [0.15, 0.2) is 61.2 Å². The highest BCUT2D eigenvalue weighted by Gasteiger charge is 2.28. The lowest BCUT2D eigenvalue weighted by molar-refractivity contribution is -0.122. The molecule has 1 saturated carbocycles. The number of ether oxygens (including phenoxy) is 1. The summed E-state index contributed by atoms with van der Waals surface area (Å²) in [5.41, 5.74) is 3.69. The Labute approximate surface area is 188 Å². The minimum Gasteiger partial charge on any atom is -0.493 e. The van der Waals surface area contributed by atoms with Gasteiger partial charge in [0.15, 0.2) is 0 Å². The smallest absolute Gasteiger partial charge is 0.242 e. The molecule has 5 rings (SSSR count). The zero-order valence-electron chi connectivity index (χ0n) is 18.4. The molecule has 2 heterocycles. The van der Waals surface area contributed by atoms with E-state index in [0.29, 0.717) is 5.92 Å². The summed E-state index contributed by atoms with van der Waals surface area (Å²) in [4.78, 5) is 18.4. The summed E-state index contributed by atoms with van der Waals surface area (Å²) in [5, 5.41) is 6.98. The highest BCUT2D eigenvalue weighted by atomic mass is 16.5. The molecular weight excluding hydrogens is 402 g/mol. The molecule has 0 bridgehead atoms. The number of hydrogen-bond donors (Lipinski definition) is 1. The van der Waals surface area contributed by atoms with Gasteiger partial charge in [-0.2, -0.15) is 5.10 Å². The number of nitrogens with zero attached hydrogens (tertiary/aromatic N) is 4. The molecule has 2 aromatic carbocycles. The molecule has 1 amide bonds. The number of nitrogens with one attached hydrogen (secondary N) is 1. The summed E-state index contributed by atoms with van der Waals surface area (Å²) in [7, 11) is 0. The maximum absolute atomic E-state index is 12.2. The summed E-state index contributed by atoms with van der Waals surface area (Å²) in [6, 6.07) is 17.0. The summed E-state index contributed by atoms with van der Waals surface area (Å²) >= 11 is 0. The minimum atomic E-state index is -0.0781. The van der Waals surface area contributed by atoms with Crippen LogP contribution in [0.1, 0.15) is 42.9 Å². The Morgan fingerprint density at radius 1 is 1.12 bits per heavy atom. The molecule has 0 spiro atoms. The number of carbonyl (C=O) groups excluding carboxylic acids is 1. The van der Waals surface area contributed by atoms with Crippen molar-refractivity contribution in [3.8, 4) is 5.75 Å². The van der Waals surface area contributed by atoms with Gasteiger partial charge in [-0.3, -0.25) is 4.79 Å². The second-order valence-electron chi connectivity index (χ2n) is 8.90. The third kappa shape index (κ3) is 4.93. The van der Waals surface area contributed by atoms with Gasteiger partial charge in [-0.1, -0.05) is 24.3 Å². The van der Waals surface area contributed by atoms with E-state index in [0.717, 1.165) is 36.9 Å². The summed E-state index contributed by atoms with van der Waals surface area (Å²) in [6.45, 7) is 5.06. The number of benzene rings is 2. The molecule has 32 heavy (non-hydrogen) atoms. The van der Waals surface area contributed by atoms with E-state index in [1.165, 1.54) is 41.4 Å². The van der Waals surface area contributed by atoms with Crippen LogP contribution >= 0.6 is 0 Å². The van der Waals surface area contributed by atoms with Gasteiger partial charge in [-0.25, -0.2) is 9.67 Å². The fourth-order valence-electron chi connectivity index (χ4n) is 4.04. The highest BCUT2D eigenvalue weighted by molar-refractivity contribution is 5.76. The molecule has 1 aliphatic carbocycles. The number of anilines is 1. The first-order chi connectivity index (χ1) is 15.6. The van der Waals surface area contributed by atoms with Crippen molar-refractivity contribution in [3.05, 3.63) is 72.3 Å². The van der Waals surface area contributed by atoms with Gasteiger partial charge in [0.1, 0.15) is 24.9 Å². The zero-order chi connectivity index (χ0) is 21.9. The minimum absolute atomic E-state index is 0.0568. The van der Waals surface area contributed by atoms with Crippen LogP contribution in [0, 0.1) is 5.92 Å². The molecule has 0 unspecified atom stereocenters. The van der Waals surface area contributed by atoms with Gasteiger partial charge in [-0.05, 0) is 61.1 Å². The van der Waals surface area contributed by atoms with E-state index in [4.69, 9.17) is 4.74 Å². The van der Waals surface area contributed by atoms with Gasteiger partial charge in [0, 0.05) is 24.7 Å². The molecule has 1 N–H and O–H groups in total. The van der Waals surface area contributed by atoms with E-state index >= 15 is 0 Å². The maximum Gasteiger partial charge on any atom is 0.242 e. The van der Waals surface area contributed by atoms with Crippen LogP contribution < -0.4 is 15.0 Å². The molecule has 1 saturated heterocycles. The van der Waals surface area contributed by atoms with Crippen LogP contribution in [-0.2, 0) is 11.3 Å². The lowest BCUT2D eigenvalue weighted by Crippen LogP contribution is -2.45. The molecular formula is C25H29N5O2. The fourth-order valence-corrected chi connectivity index (χ4v) is 4.04. The Morgan fingerprint density at radius 3 is 2.53 bits per heavy atom. The third-order valence-electron chi connectivity index (χ3n) is 6.32. The average molecular weight is 432 g/mol. The fraction of sp³-hybridized carbons (Fsp3) is 0.400. The Bertz CT molecular complexity index is 1020. The van der Waals surface area contributed by atoms with E-state index in [1.807, 2.05) is 6.92 Å². The van der Waals surface area contributed by atoms with Gasteiger partial charge in [0.25, 0.3) is 0 Å². The second-order valence-corrected chi connectivity index (χ2v) is 8.90. The molecule has 166 valence electrons. The van der Waals surface area contributed by atoms with Gasteiger partial charge in [-0.15, -0.1) is 0 Å². The van der Waals surface area contributed by atoms with Crippen LogP contribution in [0.2, 0.25) is 0 Å². The number of carbonyl (C=O) groups is 1. The van der Waals surface area contributed by atoms with Crippen LogP contribution in [0.25, 0.3) is 0 Å². The maximum atomic E-state index is 12.2. The standard InChI is InChI=1S/C25H29N5O2/c1-18(28-25(31)14-30-17-26-16-27-30)20-4-6-21(7-5-20)22-12-29(13-22)23-8-10-24(11-9-23)32-15-19-2-3-19/h4-11,16-19,22H,2-3,12-15H2,1H3,(H,28,31)/t18-/m0/s1. The Morgan fingerprint density at radius 2 is 1.88 bits per heavy atom. The Kier molecular flexibility index (Phi) is 5.79. The van der Waals surface area contributed by atoms with Gasteiger partial charge in [0.05, 0.1) is 12.6 Å². The monoisotopic (exact) mass is 431 g/mol. The summed E-state index contributed by atoms with van der Waals surface area (Å²) < 4.78 is 7.35. The Balaban J connectivity index is 1.10. The van der Waals surface area contributed by atoms with Crippen LogP contribution in [0.3, 0.4) is 0 Å². The van der Waals surface area contributed by atoms with Crippen molar-refractivity contribution in [2.75, 3.05) is 24.6 Å². The highest BCUT2D eigenvalue weighted by Crippen LogP contribution is 2.34. The molecule has 2 fully saturated rings.